The van der Waals surface area contributed by atoms with E-state index >= 15 is 0 Å². The van der Waals surface area contributed by atoms with Gasteiger partial charge >= 0.3 is 43.6 Å². The van der Waals surface area contributed by atoms with Crippen molar-refractivity contribution in [3.63, 3.8) is 0 Å². The number of allylic oxidation sites excluding steroid dienone is 6. The van der Waals surface area contributed by atoms with Crippen LogP contribution in [0.15, 0.2) is 72.9 Å². The summed E-state index contributed by atoms with van der Waals surface area (Å²) >= 11 is 0. The number of carbonyl (C=O) groups is 6. The van der Waals surface area contributed by atoms with Crippen molar-refractivity contribution in [1.82, 2.24) is 16.0 Å². The van der Waals surface area contributed by atoms with Crippen LogP contribution in [0.5, 0.6) is 0 Å². The largest absolute Gasteiger partial charge is 0.466 e. The Morgan fingerprint density at radius 2 is 0.456 bits per heavy atom. The maximum atomic E-state index is 11.0. The lowest BCUT2D eigenvalue weighted by molar-refractivity contribution is -0.138. The van der Waals surface area contributed by atoms with Crippen LogP contribution in [-0.2, 0) is 61.8 Å². The molecule has 0 atom stereocenters. The summed E-state index contributed by atoms with van der Waals surface area (Å²) in [6.45, 7) is 18.9. The number of nitrogens with one attached hydrogen (secondary N) is 3. The molecule has 6 N–H and O–H groups in total. The molecule has 0 fully saturated rings. The third-order valence-corrected chi connectivity index (χ3v) is 7.77. The van der Waals surface area contributed by atoms with Crippen molar-refractivity contribution in [1.29, 1.82) is 0 Å². The maximum Gasteiger partial charge on any atom is 0.466 e. The van der Waals surface area contributed by atoms with Gasteiger partial charge in [0.25, 0.3) is 0 Å². The molecular weight excluding hydrogens is 906 g/mol. The predicted octanol–water partition coefficient (Wildman–Crippen LogP) is 6.20. The Morgan fingerprint density at radius 1 is 0.324 bits per heavy atom. The first-order valence-corrected chi connectivity index (χ1v) is 24.8. The zero-order chi connectivity index (χ0) is 51.8. The lowest BCUT2D eigenvalue weighted by Crippen LogP contribution is -2.18. The van der Waals surface area contributed by atoms with E-state index in [2.05, 4.69) is 16.0 Å². The number of ether oxygens (including phenoxy) is 6. The molecule has 0 saturated carbocycles. The first kappa shape index (κ1) is 69.8. The molecule has 68 heavy (non-hydrogen) atoms. The molecule has 0 aliphatic carbocycles. The molecule has 0 bridgehead atoms. The lowest BCUT2D eigenvalue weighted by Gasteiger charge is -2.05. The Bertz CT molecular complexity index is 1230. The van der Waals surface area contributed by atoms with Gasteiger partial charge in [0, 0.05) is 36.5 Å². The topological polar surface area (TPSA) is 272 Å². The van der Waals surface area contributed by atoms with Gasteiger partial charge in [-0.25, -0.2) is 33.3 Å². The molecule has 0 aromatic rings. The van der Waals surface area contributed by atoms with E-state index in [0.29, 0.717) is 39.6 Å². The van der Waals surface area contributed by atoms with Crippen LogP contribution in [0.4, 0.5) is 0 Å². The van der Waals surface area contributed by atoms with Gasteiger partial charge in [-0.2, -0.15) is 0 Å². The Hall–Kier alpha value is -4.75. The number of phosphoric acid groups is 1. The minimum atomic E-state index is -4.64. The average molecular weight is 990 g/mol. The lowest BCUT2D eigenvalue weighted by atomic mass is 10.3. The molecule has 392 valence electrons. The molecule has 0 unspecified atom stereocenters. The van der Waals surface area contributed by atoms with E-state index in [1.165, 1.54) is 36.5 Å². The molecule has 0 rings (SSSR count). The van der Waals surface area contributed by atoms with Crippen LogP contribution in [0.2, 0.25) is 0 Å². The summed E-state index contributed by atoms with van der Waals surface area (Å²) in [7, 11) is -4.64. The van der Waals surface area contributed by atoms with E-state index in [9.17, 15) is 28.8 Å². The van der Waals surface area contributed by atoms with Gasteiger partial charge in [-0.15, -0.1) is 0 Å². The molecule has 0 aromatic carbocycles. The summed E-state index contributed by atoms with van der Waals surface area (Å²) in [6, 6.07) is 0. The number of hydrogen-bond acceptors (Lipinski definition) is 16. The van der Waals surface area contributed by atoms with Crippen molar-refractivity contribution in [2.75, 3.05) is 78.9 Å². The second-order valence-corrected chi connectivity index (χ2v) is 15.0. The highest BCUT2D eigenvalue weighted by Gasteiger charge is 2.02. The highest BCUT2D eigenvalue weighted by atomic mass is 31.2. The molecule has 0 heterocycles. The molecule has 0 amide bonds. The Balaban J connectivity index is -0.000000429. The molecule has 0 aliphatic rings. The summed E-state index contributed by atoms with van der Waals surface area (Å²) in [5.41, 5.74) is 0. The van der Waals surface area contributed by atoms with Crippen molar-refractivity contribution in [3.8, 4) is 0 Å². The van der Waals surface area contributed by atoms with E-state index in [1.807, 2.05) is 0 Å². The zero-order valence-electron chi connectivity index (χ0n) is 41.5. The van der Waals surface area contributed by atoms with Crippen molar-refractivity contribution in [3.05, 3.63) is 72.9 Å². The smallest absolute Gasteiger partial charge is 0.463 e. The SMILES string of the molecule is CC=CC(=O)OCCCCNCCCCOC(=O)C=CC.CC=CC(=O)OCCCCNCCCCOC(=O)C=CC.CC=CC(=O)OCCCCNCCCCOC(=O)C=CC.O=P(O)(O)O. The number of rotatable bonds is 36. The summed E-state index contributed by atoms with van der Waals surface area (Å²) in [6.07, 6.45) is 29.5. The fourth-order valence-corrected chi connectivity index (χ4v) is 4.63. The van der Waals surface area contributed by atoms with E-state index in [-0.39, 0.29) is 35.8 Å². The van der Waals surface area contributed by atoms with Gasteiger partial charge < -0.3 is 59.1 Å². The van der Waals surface area contributed by atoms with Crippen LogP contribution < -0.4 is 16.0 Å². The van der Waals surface area contributed by atoms with Crippen LogP contribution in [-0.4, -0.2) is 129 Å². The first-order valence-electron chi connectivity index (χ1n) is 23.3. The zero-order valence-corrected chi connectivity index (χ0v) is 42.4. The number of esters is 6. The van der Waals surface area contributed by atoms with Gasteiger partial charge in [-0.05, 0) is 158 Å². The van der Waals surface area contributed by atoms with Crippen molar-refractivity contribution in [2.45, 2.75) is 119 Å². The molecule has 0 spiro atoms. The van der Waals surface area contributed by atoms with Gasteiger partial charge in [0.2, 0.25) is 0 Å². The summed E-state index contributed by atoms with van der Waals surface area (Å²) in [4.78, 5) is 87.6. The quantitative estimate of drug-likeness (QED) is 0.0134. The van der Waals surface area contributed by atoms with E-state index in [4.69, 9.17) is 47.7 Å². The van der Waals surface area contributed by atoms with Crippen LogP contribution in [0, 0.1) is 0 Å². The molecule has 0 aliphatic heterocycles. The van der Waals surface area contributed by atoms with Crippen LogP contribution in [0.25, 0.3) is 0 Å². The minimum Gasteiger partial charge on any atom is -0.463 e. The van der Waals surface area contributed by atoms with Gasteiger partial charge in [0.05, 0.1) is 39.6 Å². The van der Waals surface area contributed by atoms with Crippen LogP contribution in [0.1, 0.15) is 119 Å². The highest BCUT2D eigenvalue weighted by molar-refractivity contribution is 7.45. The van der Waals surface area contributed by atoms with Crippen molar-refractivity contribution < 1.29 is 76.4 Å². The molecule has 20 heteroatoms. The van der Waals surface area contributed by atoms with Gasteiger partial charge in [-0.1, -0.05) is 36.5 Å². The van der Waals surface area contributed by atoms with Crippen LogP contribution >= 0.6 is 7.82 Å². The Labute approximate surface area is 405 Å². The number of carbonyl (C=O) groups excluding carboxylic acids is 6. The number of unbranched alkanes of at least 4 members (excludes halogenated alkanes) is 6. The van der Waals surface area contributed by atoms with Gasteiger partial charge in [-0.3, -0.25) is 0 Å². The predicted molar refractivity (Wildman–Crippen MR) is 263 cm³/mol. The van der Waals surface area contributed by atoms with E-state index < -0.39 is 7.82 Å². The first-order chi connectivity index (χ1) is 32.6. The Morgan fingerprint density at radius 3 is 0.574 bits per heavy atom. The maximum absolute atomic E-state index is 11.0. The average Bonchev–Trinajstić information content (AvgIpc) is 3.27. The second-order valence-electron chi connectivity index (χ2n) is 14.0. The summed E-state index contributed by atoms with van der Waals surface area (Å²) < 4.78 is 38.7. The second kappa shape index (κ2) is 56.6. The molecule has 0 radical (unpaired) electrons. The van der Waals surface area contributed by atoms with Gasteiger partial charge in [0.1, 0.15) is 0 Å². The highest BCUT2D eigenvalue weighted by Crippen LogP contribution is 2.25. The Kier molecular flexibility index (Phi) is 58.1. The van der Waals surface area contributed by atoms with Crippen molar-refractivity contribution >= 4 is 43.6 Å². The number of hydrogen-bond donors (Lipinski definition) is 6. The summed E-state index contributed by atoms with van der Waals surface area (Å²) in [5, 5.41) is 9.91. The third kappa shape index (κ3) is 72.8. The third-order valence-electron chi connectivity index (χ3n) is 7.77. The molecular formula is C48H84N3O16P. The van der Waals surface area contributed by atoms with E-state index in [0.717, 1.165) is 116 Å². The normalized spacial score (nSPS) is 11.2. The molecule has 0 saturated heterocycles. The summed E-state index contributed by atoms with van der Waals surface area (Å²) in [5.74, 6) is -1.68. The standard InChI is InChI=1S/3C16H27NO4.H3O4P/c3*1-3-9-15(18)20-13-7-5-11-17-12-6-8-14-21-16(19)10-4-2;1-5(2,3)4/h3*3-4,9-10,17H,5-8,11-14H2,1-2H3;(H3,1,2,3,4). The van der Waals surface area contributed by atoms with Gasteiger partial charge in [0.15, 0.2) is 0 Å². The fraction of sp³-hybridized carbons (Fsp3) is 0.625. The fourth-order valence-electron chi connectivity index (χ4n) is 4.63. The molecule has 19 nitrogen and oxygen atoms in total. The minimum absolute atomic E-state index is 0.280. The van der Waals surface area contributed by atoms with Crippen LogP contribution in [0.3, 0.4) is 0 Å². The van der Waals surface area contributed by atoms with E-state index in [1.54, 1.807) is 78.0 Å². The van der Waals surface area contributed by atoms with Crippen molar-refractivity contribution in [2.24, 2.45) is 0 Å². The molecule has 0 aromatic heterocycles. The monoisotopic (exact) mass is 990 g/mol.